The molecule has 110 valence electrons. The van der Waals surface area contributed by atoms with Crippen molar-refractivity contribution in [2.45, 2.75) is 6.92 Å². The van der Waals surface area contributed by atoms with Crippen LogP contribution in [0, 0.1) is 28.5 Å². The third-order valence-electron chi connectivity index (χ3n) is 2.55. The highest BCUT2D eigenvalue weighted by atomic mass is 32.2. The van der Waals surface area contributed by atoms with Gasteiger partial charge >= 0.3 is 5.97 Å². The Morgan fingerprint density at radius 1 is 1.57 bits per heavy atom. The summed E-state index contributed by atoms with van der Waals surface area (Å²) in [5.41, 5.74) is 0.196. The first-order chi connectivity index (χ1) is 9.94. The van der Waals surface area contributed by atoms with E-state index < -0.39 is 10.9 Å². The van der Waals surface area contributed by atoms with Crippen LogP contribution in [-0.4, -0.2) is 29.4 Å². The van der Waals surface area contributed by atoms with Crippen LogP contribution in [0.5, 0.6) is 0 Å². The number of rotatable bonds is 3. The molecule has 0 spiro atoms. The molecule has 1 N–H and O–H groups in total. The molecule has 0 aliphatic heterocycles. The van der Waals surface area contributed by atoms with Gasteiger partial charge in [0.25, 0.3) is 5.69 Å². The molecule has 0 amide bonds. The van der Waals surface area contributed by atoms with Crippen LogP contribution >= 0.6 is 11.8 Å². The van der Waals surface area contributed by atoms with Crippen molar-refractivity contribution in [1.29, 1.82) is 5.26 Å². The number of thioether (sulfide) groups is 1. The number of nitro groups is 1. The Hall–Kier alpha value is -2.60. The first kappa shape index (κ1) is 16.5. The lowest BCUT2D eigenvalue weighted by atomic mass is 10.1. The Bertz CT molecular complexity index is 651. The number of benzene rings is 1. The second kappa shape index (κ2) is 7.25. The monoisotopic (exact) mass is 308 g/mol. The number of methoxy groups -OCH3 is 1. The number of amidine groups is 1. The van der Waals surface area contributed by atoms with Crippen molar-refractivity contribution < 1.29 is 14.5 Å². The zero-order valence-corrected chi connectivity index (χ0v) is 12.4. The number of carbonyl (C=O) groups is 1. The summed E-state index contributed by atoms with van der Waals surface area (Å²) in [6, 6.07) is 2.61. The van der Waals surface area contributed by atoms with Gasteiger partial charge in [0.2, 0.25) is 0 Å². The first-order valence-electron chi connectivity index (χ1n) is 5.59. The fourth-order valence-corrected chi connectivity index (χ4v) is 1.89. The lowest BCUT2D eigenvalue weighted by Gasteiger charge is -2.07. The Kier molecular flexibility index (Phi) is 5.68. The van der Waals surface area contributed by atoms with Crippen molar-refractivity contribution in [3.63, 3.8) is 0 Å². The van der Waals surface area contributed by atoms with Crippen LogP contribution in [0.3, 0.4) is 0 Å². The highest BCUT2D eigenvalue weighted by molar-refractivity contribution is 8.13. The summed E-state index contributed by atoms with van der Waals surface area (Å²) in [6.07, 6.45) is 3.40. The average Bonchev–Trinajstić information content (AvgIpc) is 2.47. The van der Waals surface area contributed by atoms with Crippen LogP contribution in [-0.2, 0) is 4.74 Å². The Labute approximate surface area is 125 Å². The maximum atomic E-state index is 11.7. The van der Waals surface area contributed by atoms with E-state index in [1.807, 2.05) is 0 Å². The molecule has 1 aromatic rings. The Balaban J connectivity index is 3.47. The van der Waals surface area contributed by atoms with Gasteiger partial charge in [-0.25, -0.2) is 9.79 Å². The number of hydrogen-bond donors (Lipinski definition) is 1. The molecular weight excluding hydrogens is 296 g/mol. The van der Waals surface area contributed by atoms with Gasteiger partial charge in [0.1, 0.15) is 0 Å². The van der Waals surface area contributed by atoms with Crippen molar-refractivity contribution >= 4 is 34.3 Å². The normalized spacial score (nSPS) is 10.7. The Morgan fingerprint density at radius 3 is 2.71 bits per heavy atom. The van der Waals surface area contributed by atoms with E-state index in [0.717, 1.165) is 11.8 Å². The largest absolute Gasteiger partial charge is 0.465 e. The smallest absolute Gasteiger partial charge is 0.338 e. The van der Waals surface area contributed by atoms with Gasteiger partial charge in [-0.2, -0.15) is 5.26 Å². The highest BCUT2D eigenvalue weighted by Crippen LogP contribution is 2.29. The van der Waals surface area contributed by atoms with E-state index in [0.29, 0.717) is 0 Å². The molecule has 9 heteroatoms. The summed E-state index contributed by atoms with van der Waals surface area (Å²) in [6.45, 7) is 1.46. The number of hydrogen-bond acceptors (Lipinski definition) is 7. The third-order valence-corrected chi connectivity index (χ3v) is 3.13. The molecule has 0 atom stereocenters. The van der Waals surface area contributed by atoms with Gasteiger partial charge in [0.05, 0.1) is 23.3 Å². The SMILES string of the molecule is COC(=O)c1cc(N=C(NC#N)SC)cc([N+](=O)[O-])c1C. The molecule has 0 saturated carbocycles. The van der Waals surface area contributed by atoms with Crippen LogP contribution in [0.1, 0.15) is 15.9 Å². The molecule has 0 fully saturated rings. The predicted octanol–water partition coefficient (Wildman–Crippen LogP) is 2.11. The summed E-state index contributed by atoms with van der Waals surface area (Å²) in [5.74, 6) is -0.688. The van der Waals surface area contributed by atoms with Gasteiger partial charge in [-0.05, 0) is 19.2 Å². The molecule has 1 aromatic carbocycles. The van der Waals surface area contributed by atoms with Gasteiger partial charge in [0, 0.05) is 11.6 Å². The van der Waals surface area contributed by atoms with Crippen molar-refractivity contribution in [1.82, 2.24) is 5.32 Å². The van der Waals surface area contributed by atoms with Gasteiger partial charge < -0.3 is 4.74 Å². The number of carbonyl (C=O) groups excluding carboxylic acids is 1. The quantitative estimate of drug-likeness (QED) is 0.173. The summed E-state index contributed by atoms with van der Waals surface area (Å²) in [5, 5.41) is 22.2. The summed E-state index contributed by atoms with van der Waals surface area (Å²) in [7, 11) is 1.19. The highest BCUT2D eigenvalue weighted by Gasteiger charge is 2.21. The van der Waals surface area contributed by atoms with Crippen molar-refractivity contribution in [2.24, 2.45) is 4.99 Å². The van der Waals surface area contributed by atoms with Crippen molar-refractivity contribution in [2.75, 3.05) is 13.4 Å². The topological polar surface area (TPSA) is 118 Å². The molecule has 0 aliphatic carbocycles. The van der Waals surface area contributed by atoms with Crippen LogP contribution in [0.2, 0.25) is 0 Å². The number of esters is 1. The Morgan fingerprint density at radius 2 is 2.24 bits per heavy atom. The van der Waals surface area contributed by atoms with E-state index in [-0.39, 0.29) is 27.7 Å². The fourth-order valence-electron chi connectivity index (χ4n) is 1.55. The zero-order valence-electron chi connectivity index (χ0n) is 11.5. The lowest BCUT2D eigenvalue weighted by Crippen LogP contribution is -2.12. The van der Waals surface area contributed by atoms with Gasteiger partial charge in [0.15, 0.2) is 11.4 Å². The number of nitriles is 1. The molecule has 21 heavy (non-hydrogen) atoms. The second-order valence-electron chi connectivity index (χ2n) is 3.74. The maximum Gasteiger partial charge on any atom is 0.338 e. The molecule has 0 radical (unpaired) electrons. The van der Waals surface area contributed by atoms with Gasteiger partial charge in [-0.3, -0.25) is 15.4 Å². The zero-order chi connectivity index (χ0) is 16.0. The predicted molar refractivity (Wildman–Crippen MR) is 78.5 cm³/mol. The molecule has 1 rings (SSSR count). The number of ether oxygens (including phenoxy) is 1. The fraction of sp³-hybridized carbons (Fsp3) is 0.250. The molecule has 0 aliphatic rings. The molecule has 8 nitrogen and oxygen atoms in total. The lowest BCUT2D eigenvalue weighted by molar-refractivity contribution is -0.385. The van der Waals surface area contributed by atoms with Gasteiger partial charge in [-0.15, -0.1) is 0 Å². The van der Waals surface area contributed by atoms with E-state index in [2.05, 4.69) is 15.0 Å². The summed E-state index contributed by atoms with van der Waals surface area (Å²) >= 11 is 1.16. The molecular formula is C12H12N4O4S. The van der Waals surface area contributed by atoms with E-state index >= 15 is 0 Å². The minimum Gasteiger partial charge on any atom is -0.465 e. The van der Waals surface area contributed by atoms with Crippen LogP contribution in [0.4, 0.5) is 11.4 Å². The average molecular weight is 308 g/mol. The molecule has 0 unspecified atom stereocenters. The molecule has 0 aromatic heterocycles. The van der Waals surface area contributed by atoms with Crippen molar-refractivity contribution in [3.8, 4) is 6.19 Å². The third kappa shape index (κ3) is 3.93. The minimum atomic E-state index is -0.688. The van der Waals surface area contributed by atoms with E-state index in [4.69, 9.17) is 5.26 Å². The number of nitrogens with zero attached hydrogens (tertiary/aromatic N) is 3. The summed E-state index contributed by atoms with van der Waals surface area (Å²) < 4.78 is 4.60. The van der Waals surface area contributed by atoms with Crippen LogP contribution < -0.4 is 5.32 Å². The maximum absolute atomic E-state index is 11.7. The molecule has 0 bridgehead atoms. The second-order valence-corrected chi connectivity index (χ2v) is 4.54. The van der Waals surface area contributed by atoms with Crippen LogP contribution in [0.15, 0.2) is 17.1 Å². The number of nitrogens with one attached hydrogen (secondary N) is 1. The summed E-state index contributed by atoms with van der Waals surface area (Å²) in [4.78, 5) is 26.2. The number of aliphatic imine (C=N–C) groups is 1. The van der Waals surface area contributed by atoms with E-state index in [1.165, 1.54) is 26.2 Å². The molecule has 0 saturated heterocycles. The van der Waals surface area contributed by atoms with Crippen molar-refractivity contribution in [3.05, 3.63) is 33.4 Å². The minimum absolute atomic E-state index is 0.0582. The van der Waals surface area contributed by atoms with E-state index in [9.17, 15) is 14.9 Å². The van der Waals surface area contributed by atoms with Crippen LogP contribution in [0.25, 0.3) is 0 Å². The van der Waals surface area contributed by atoms with Gasteiger partial charge in [-0.1, -0.05) is 11.8 Å². The van der Waals surface area contributed by atoms with E-state index in [1.54, 1.807) is 12.4 Å². The standard InChI is InChI=1S/C12H12N4O4S/c1-7-9(11(17)20-2)4-8(5-10(7)16(18)19)15-12(21-3)14-6-13/h4-5H,1-3H3,(H,14,15). The molecule has 0 heterocycles. The number of nitro benzene ring substituents is 1. The first-order valence-corrected chi connectivity index (χ1v) is 6.82.